The molecule has 0 bridgehead atoms. The van der Waals surface area contributed by atoms with Crippen LogP contribution >= 0.6 is 0 Å². The molecule has 0 atom stereocenters. The van der Waals surface area contributed by atoms with E-state index in [4.69, 9.17) is 4.52 Å². The highest BCUT2D eigenvalue weighted by molar-refractivity contribution is 5.69. The predicted molar refractivity (Wildman–Crippen MR) is 121 cm³/mol. The van der Waals surface area contributed by atoms with Crippen LogP contribution in [0.3, 0.4) is 0 Å². The molecule has 2 aromatic heterocycles. The predicted octanol–water partition coefficient (Wildman–Crippen LogP) is 4.35. The summed E-state index contributed by atoms with van der Waals surface area (Å²) in [6.07, 6.45) is 1.82. The average Bonchev–Trinajstić information content (AvgIpc) is 3.27. The van der Waals surface area contributed by atoms with Crippen molar-refractivity contribution in [2.24, 2.45) is 0 Å². The molecule has 0 saturated carbocycles. The smallest absolute Gasteiger partial charge is 0.261 e. The zero-order valence-corrected chi connectivity index (χ0v) is 17.6. The van der Waals surface area contributed by atoms with Crippen molar-refractivity contribution in [3.63, 3.8) is 0 Å². The SMILES string of the molecule is Cc1noc(-c2cccnc2N2CCN(C(c3ccccc3)c3ccccc3)CC2)n1. The molecule has 31 heavy (non-hydrogen) atoms. The first-order chi connectivity index (χ1) is 15.3. The van der Waals surface area contributed by atoms with E-state index in [1.165, 1.54) is 11.1 Å². The van der Waals surface area contributed by atoms with E-state index in [9.17, 15) is 0 Å². The lowest BCUT2D eigenvalue weighted by molar-refractivity contribution is 0.212. The molecule has 1 aliphatic heterocycles. The molecule has 5 rings (SSSR count). The first-order valence-corrected chi connectivity index (χ1v) is 10.6. The van der Waals surface area contributed by atoms with Crippen molar-refractivity contribution in [3.8, 4) is 11.5 Å². The number of piperazine rings is 1. The normalized spacial score (nSPS) is 14.8. The van der Waals surface area contributed by atoms with Crippen LogP contribution in [0.2, 0.25) is 0 Å². The van der Waals surface area contributed by atoms with E-state index >= 15 is 0 Å². The molecule has 0 unspecified atom stereocenters. The van der Waals surface area contributed by atoms with Gasteiger partial charge >= 0.3 is 0 Å². The summed E-state index contributed by atoms with van der Waals surface area (Å²) in [5.41, 5.74) is 3.53. The maximum atomic E-state index is 5.42. The lowest BCUT2D eigenvalue weighted by Gasteiger charge is -2.40. The van der Waals surface area contributed by atoms with Gasteiger partial charge in [0.2, 0.25) is 0 Å². The summed E-state index contributed by atoms with van der Waals surface area (Å²) in [4.78, 5) is 13.9. The third-order valence-electron chi connectivity index (χ3n) is 5.75. The molecule has 0 aliphatic carbocycles. The Labute approximate surface area is 182 Å². The van der Waals surface area contributed by atoms with Crippen molar-refractivity contribution in [1.29, 1.82) is 0 Å². The first-order valence-electron chi connectivity index (χ1n) is 10.6. The second kappa shape index (κ2) is 8.70. The fraction of sp³-hybridized carbons (Fsp3) is 0.240. The number of hydrogen-bond donors (Lipinski definition) is 0. The highest BCUT2D eigenvalue weighted by Crippen LogP contribution is 2.32. The monoisotopic (exact) mass is 411 g/mol. The van der Waals surface area contributed by atoms with Gasteiger partial charge in [-0.15, -0.1) is 0 Å². The van der Waals surface area contributed by atoms with Crippen LogP contribution in [0.4, 0.5) is 5.82 Å². The van der Waals surface area contributed by atoms with Gasteiger partial charge in [-0.1, -0.05) is 65.8 Å². The molecular weight excluding hydrogens is 386 g/mol. The van der Waals surface area contributed by atoms with Gasteiger partial charge in [-0.05, 0) is 30.2 Å². The maximum Gasteiger partial charge on any atom is 0.261 e. The molecule has 0 radical (unpaired) electrons. The molecule has 1 aliphatic rings. The molecule has 1 fully saturated rings. The molecule has 4 aromatic rings. The Morgan fingerprint density at radius 3 is 2.03 bits per heavy atom. The molecule has 6 heteroatoms. The van der Waals surface area contributed by atoms with Gasteiger partial charge in [0.05, 0.1) is 11.6 Å². The van der Waals surface area contributed by atoms with Crippen molar-refractivity contribution in [2.45, 2.75) is 13.0 Å². The van der Waals surface area contributed by atoms with E-state index < -0.39 is 0 Å². The summed E-state index contributed by atoms with van der Waals surface area (Å²) in [7, 11) is 0. The largest absolute Gasteiger partial charge is 0.353 e. The molecule has 156 valence electrons. The fourth-order valence-corrected chi connectivity index (χ4v) is 4.30. The van der Waals surface area contributed by atoms with Gasteiger partial charge in [-0.25, -0.2) is 4.98 Å². The van der Waals surface area contributed by atoms with E-state index in [0.29, 0.717) is 11.7 Å². The topological polar surface area (TPSA) is 58.3 Å². The Hall–Kier alpha value is -3.51. The Kier molecular flexibility index (Phi) is 5.46. The highest BCUT2D eigenvalue weighted by atomic mass is 16.5. The fourth-order valence-electron chi connectivity index (χ4n) is 4.30. The van der Waals surface area contributed by atoms with Crippen LogP contribution < -0.4 is 4.90 Å². The van der Waals surface area contributed by atoms with Crippen LogP contribution in [-0.2, 0) is 0 Å². The quantitative estimate of drug-likeness (QED) is 0.487. The maximum absolute atomic E-state index is 5.42. The van der Waals surface area contributed by atoms with E-state index in [2.05, 4.69) is 85.6 Å². The van der Waals surface area contributed by atoms with Crippen molar-refractivity contribution >= 4 is 5.82 Å². The van der Waals surface area contributed by atoms with Gasteiger partial charge in [0.25, 0.3) is 5.89 Å². The van der Waals surface area contributed by atoms with Gasteiger partial charge in [0.15, 0.2) is 5.82 Å². The number of aromatic nitrogens is 3. The number of benzene rings is 2. The van der Waals surface area contributed by atoms with Crippen LogP contribution in [0, 0.1) is 6.92 Å². The van der Waals surface area contributed by atoms with Gasteiger partial charge in [-0.2, -0.15) is 4.98 Å². The zero-order valence-electron chi connectivity index (χ0n) is 17.6. The molecule has 0 spiro atoms. The Morgan fingerprint density at radius 2 is 1.45 bits per heavy atom. The van der Waals surface area contributed by atoms with Crippen LogP contribution in [0.25, 0.3) is 11.5 Å². The van der Waals surface area contributed by atoms with Crippen LogP contribution in [-0.4, -0.2) is 46.2 Å². The van der Waals surface area contributed by atoms with E-state index in [0.717, 1.165) is 37.6 Å². The number of anilines is 1. The standard InChI is InChI=1S/C25H25N5O/c1-19-27-25(31-28-19)22-13-8-14-26-24(22)30-17-15-29(16-18-30)23(20-9-4-2-5-10-20)21-11-6-3-7-12-21/h2-14,23H,15-18H2,1H3. The highest BCUT2D eigenvalue weighted by Gasteiger charge is 2.28. The lowest BCUT2D eigenvalue weighted by Crippen LogP contribution is -2.48. The lowest BCUT2D eigenvalue weighted by atomic mass is 9.96. The summed E-state index contributed by atoms with van der Waals surface area (Å²) in [6, 6.07) is 25.7. The van der Waals surface area contributed by atoms with Gasteiger partial charge < -0.3 is 9.42 Å². The summed E-state index contributed by atoms with van der Waals surface area (Å²) in [6.45, 7) is 5.47. The van der Waals surface area contributed by atoms with Crippen LogP contribution in [0.1, 0.15) is 23.0 Å². The minimum atomic E-state index is 0.242. The van der Waals surface area contributed by atoms with Crippen LogP contribution in [0.15, 0.2) is 83.5 Å². The first kappa shape index (κ1) is 19.5. The number of aryl methyl sites for hydroxylation is 1. The van der Waals surface area contributed by atoms with E-state index in [1.54, 1.807) is 0 Å². The van der Waals surface area contributed by atoms with Gasteiger partial charge in [-0.3, -0.25) is 4.90 Å². The molecule has 3 heterocycles. The van der Waals surface area contributed by atoms with Crippen LogP contribution in [0.5, 0.6) is 0 Å². The number of hydrogen-bond acceptors (Lipinski definition) is 6. The van der Waals surface area contributed by atoms with E-state index in [-0.39, 0.29) is 6.04 Å². The molecule has 2 aromatic carbocycles. The third-order valence-corrected chi connectivity index (χ3v) is 5.75. The second-order valence-corrected chi connectivity index (χ2v) is 7.77. The van der Waals surface area contributed by atoms with Gasteiger partial charge in [0, 0.05) is 32.4 Å². The molecule has 6 nitrogen and oxygen atoms in total. The summed E-state index contributed by atoms with van der Waals surface area (Å²) in [5, 5.41) is 3.94. The Morgan fingerprint density at radius 1 is 0.806 bits per heavy atom. The Balaban J connectivity index is 1.39. The number of pyridine rings is 1. The third kappa shape index (κ3) is 4.07. The van der Waals surface area contributed by atoms with Crippen molar-refractivity contribution < 1.29 is 4.52 Å². The molecule has 1 saturated heterocycles. The van der Waals surface area contributed by atoms with Crippen molar-refractivity contribution in [1.82, 2.24) is 20.0 Å². The van der Waals surface area contributed by atoms with Gasteiger partial charge in [0.1, 0.15) is 5.82 Å². The van der Waals surface area contributed by atoms with Crippen molar-refractivity contribution in [3.05, 3.63) is 95.9 Å². The minimum absolute atomic E-state index is 0.242. The summed E-state index contributed by atoms with van der Waals surface area (Å²) < 4.78 is 5.42. The summed E-state index contributed by atoms with van der Waals surface area (Å²) in [5.74, 6) is 2.06. The second-order valence-electron chi connectivity index (χ2n) is 7.77. The molecule has 0 N–H and O–H groups in total. The zero-order chi connectivity index (χ0) is 21.0. The minimum Gasteiger partial charge on any atom is -0.353 e. The summed E-state index contributed by atoms with van der Waals surface area (Å²) >= 11 is 0. The Bertz CT molecular complexity index is 1080. The number of rotatable bonds is 5. The molecular formula is C25H25N5O. The number of nitrogens with zero attached hydrogens (tertiary/aromatic N) is 5. The molecule has 0 amide bonds. The van der Waals surface area contributed by atoms with Crippen molar-refractivity contribution in [2.75, 3.05) is 31.1 Å². The van der Waals surface area contributed by atoms with E-state index in [1.807, 2.05) is 25.3 Å². The average molecular weight is 412 g/mol.